The van der Waals surface area contributed by atoms with Crippen LogP contribution in [0.4, 0.5) is 10.1 Å². The van der Waals surface area contributed by atoms with Crippen molar-refractivity contribution < 1.29 is 12.8 Å². The van der Waals surface area contributed by atoms with E-state index in [9.17, 15) is 12.8 Å². The van der Waals surface area contributed by atoms with Gasteiger partial charge in [-0.1, -0.05) is 12.1 Å². The number of primary sulfonamides is 1. The zero-order valence-corrected chi connectivity index (χ0v) is 18.8. The molecule has 1 saturated heterocycles. The van der Waals surface area contributed by atoms with Gasteiger partial charge in [-0.05, 0) is 61.7 Å². The second-order valence-corrected chi connectivity index (χ2v) is 9.80. The standard InChI is InChI=1S/C22H31FN4O2S/c1-15-5-6-18(12-20(15)23)22(14-27-10-9-25-17(3)13-27)26(4)21-8-7-19(11-16(21)2)30(24,28)29/h5-8,11-12,17,22,25H,9-10,13-14H2,1-4H3,(H2,24,28,29)/t17-,22?/m1/s1. The molecule has 1 heterocycles. The van der Waals surface area contributed by atoms with E-state index >= 15 is 0 Å². The minimum absolute atomic E-state index is 0.0889. The minimum Gasteiger partial charge on any atom is -0.366 e. The van der Waals surface area contributed by atoms with Gasteiger partial charge in [0.05, 0.1) is 10.9 Å². The molecule has 164 valence electrons. The molecule has 3 rings (SSSR count). The summed E-state index contributed by atoms with van der Waals surface area (Å²) in [6, 6.07) is 10.6. The zero-order chi connectivity index (χ0) is 22.1. The molecule has 6 nitrogen and oxygen atoms in total. The maximum Gasteiger partial charge on any atom is 0.238 e. The fourth-order valence-electron chi connectivity index (χ4n) is 4.06. The van der Waals surface area contributed by atoms with Crippen molar-refractivity contribution in [1.29, 1.82) is 0 Å². The predicted octanol–water partition coefficient (Wildman–Crippen LogP) is 2.56. The summed E-state index contributed by atoms with van der Waals surface area (Å²) >= 11 is 0. The minimum atomic E-state index is -3.76. The van der Waals surface area contributed by atoms with E-state index < -0.39 is 10.0 Å². The fraction of sp³-hybridized carbons (Fsp3) is 0.455. The Morgan fingerprint density at radius 1 is 1.23 bits per heavy atom. The first-order valence-electron chi connectivity index (χ1n) is 10.1. The number of hydrogen-bond donors (Lipinski definition) is 2. The first kappa shape index (κ1) is 22.7. The van der Waals surface area contributed by atoms with Crippen molar-refractivity contribution in [2.75, 3.05) is 38.1 Å². The largest absolute Gasteiger partial charge is 0.366 e. The highest BCUT2D eigenvalue weighted by Crippen LogP contribution is 2.31. The average Bonchev–Trinajstić information content (AvgIpc) is 2.67. The highest BCUT2D eigenvalue weighted by atomic mass is 32.2. The topological polar surface area (TPSA) is 78.7 Å². The summed E-state index contributed by atoms with van der Waals surface area (Å²) in [4.78, 5) is 4.57. The summed E-state index contributed by atoms with van der Waals surface area (Å²) < 4.78 is 37.8. The third kappa shape index (κ3) is 5.18. The number of hydrogen-bond acceptors (Lipinski definition) is 5. The quantitative estimate of drug-likeness (QED) is 0.731. The molecule has 0 aromatic heterocycles. The molecule has 30 heavy (non-hydrogen) atoms. The summed E-state index contributed by atoms with van der Waals surface area (Å²) in [5.74, 6) is -0.221. The smallest absolute Gasteiger partial charge is 0.238 e. The number of nitrogens with one attached hydrogen (secondary N) is 1. The van der Waals surface area contributed by atoms with E-state index in [0.29, 0.717) is 11.6 Å². The van der Waals surface area contributed by atoms with Gasteiger partial charge >= 0.3 is 0 Å². The van der Waals surface area contributed by atoms with Crippen LogP contribution in [0.5, 0.6) is 0 Å². The van der Waals surface area contributed by atoms with Gasteiger partial charge in [-0.3, -0.25) is 4.90 Å². The molecule has 1 fully saturated rings. The monoisotopic (exact) mass is 434 g/mol. The summed E-state index contributed by atoms with van der Waals surface area (Å²) in [6.45, 7) is 9.27. The Morgan fingerprint density at radius 2 is 1.97 bits per heavy atom. The Labute approximate surface area is 178 Å². The van der Waals surface area contributed by atoms with E-state index in [-0.39, 0.29) is 16.8 Å². The lowest BCUT2D eigenvalue weighted by Crippen LogP contribution is -2.51. The Hall–Kier alpha value is -2.00. The van der Waals surface area contributed by atoms with Crippen LogP contribution in [0, 0.1) is 19.7 Å². The van der Waals surface area contributed by atoms with Crippen LogP contribution in [0.25, 0.3) is 0 Å². The SMILES string of the molecule is Cc1ccc(C(CN2CCN[C@H](C)C2)N(C)c2ccc(S(N)(=O)=O)cc2C)cc1F. The number of likely N-dealkylation sites (N-methyl/N-ethyl adjacent to an activating group) is 1. The molecular formula is C22H31FN4O2S. The van der Waals surface area contributed by atoms with Gasteiger partial charge in [0.25, 0.3) is 0 Å². The van der Waals surface area contributed by atoms with Crippen molar-refractivity contribution in [1.82, 2.24) is 10.2 Å². The summed E-state index contributed by atoms with van der Waals surface area (Å²) in [5.41, 5.74) is 3.19. The number of aryl methyl sites for hydroxylation is 2. The van der Waals surface area contributed by atoms with Crippen molar-refractivity contribution in [2.45, 2.75) is 37.8 Å². The maximum absolute atomic E-state index is 14.4. The Balaban J connectivity index is 1.97. The number of piperazine rings is 1. The van der Waals surface area contributed by atoms with Crippen LogP contribution in [-0.4, -0.2) is 52.6 Å². The third-order valence-corrected chi connectivity index (χ3v) is 6.72. The second kappa shape index (κ2) is 9.01. The first-order valence-corrected chi connectivity index (χ1v) is 11.7. The van der Waals surface area contributed by atoms with E-state index in [1.165, 1.54) is 6.07 Å². The molecule has 1 aliphatic heterocycles. The van der Waals surface area contributed by atoms with Gasteiger partial charge in [0.15, 0.2) is 0 Å². The molecule has 0 aliphatic carbocycles. The molecule has 2 aromatic carbocycles. The van der Waals surface area contributed by atoms with Crippen LogP contribution >= 0.6 is 0 Å². The number of sulfonamides is 1. The van der Waals surface area contributed by atoms with Crippen LogP contribution in [0.3, 0.4) is 0 Å². The van der Waals surface area contributed by atoms with E-state index in [2.05, 4.69) is 22.0 Å². The lowest BCUT2D eigenvalue weighted by atomic mass is 10.0. The van der Waals surface area contributed by atoms with E-state index in [1.807, 2.05) is 26.1 Å². The number of benzene rings is 2. The lowest BCUT2D eigenvalue weighted by Gasteiger charge is -2.39. The number of rotatable bonds is 6. The molecule has 0 amide bonds. The van der Waals surface area contributed by atoms with Gasteiger partial charge in [0.2, 0.25) is 10.0 Å². The van der Waals surface area contributed by atoms with Gasteiger partial charge in [-0.2, -0.15) is 0 Å². The Morgan fingerprint density at radius 3 is 2.57 bits per heavy atom. The summed E-state index contributed by atoms with van der Waals surface area (Å²) in [7, 11) is -1.80. The Kier molecular flexibility index (Phi) is 6.81. The maximum atomic E-state index is 14.4. The molecular weight excluding hydrogens is 403 g/mol. The zero-order valence-electron chi connectivity index (χ0n) is 18.0. The van der Waals surface area contributed by atoms with Crippen molar-refractivity contribution in [2.24, 2.45) is 5.14 Å². The third-order valence-electron chi connectivity index (χ3n) is 5.81. The molecule has 2 atom stereocenters. The van der Waals surface area contributed by atoms with Crippen LogP contribution < -0.4 is 15.4 Å². The molecule has 1 aliphatic rings. The van der Waals surface area contributed by atoms with E-state index in [1.54, 1.807) is 25.1 Å². The van der Waals surface area contributed by atoms with Gasteiger partial charge in [-0.25, -0.2) is 17.9 Å². The molecule has 2 aromatic rings. The molecule has 8 heteroatoms. The van der Waals surface area contributed by atoms with Crippen molar-refractivity contribution in [3.05, 3.63) is 58.9 Å². The van der Waals surface area contributed by atoms with Crippen LogP contribution in [0.1, 0.15) is 29.7 Å². The summed E-state index contributed by atoms with van der Waals surface area (Å²) in [6.07, 6.45) is 0. The van der Waals surface area contributed by atoms with E-state index in [0.717, 1.165) is 43.0 Å². The first-order chi connectivity index (χ1) is 14.1. The van der Waals surface area contributed by atoms with Gasteiger partial charge in [-0.15, -0.1) is 0 Å². The molecule has 0 saturated carbocycles. The number of anilines is 1. The van der Waals surface area contributed by atoms with Gasteiger partial charge in [0.1, 0.15) is 5.82 Å². The Bertz CT molecular complexity index is 1010. The van der Waals surface area contributed by atoms with Crippen LogP contribution in [0.15, 0.2) is 41.3 Å². The highest BCUT2D eigenvalue weighted by Gasteiger charge is 2.25. The number of nitrogens with zero attached hydrogens (tertiary/aromatic N) is 2. The highest BCUT2D eigenvalue weighted by molar-refractivity contribution is 7.89. The average molecular weight is 435 g/mol. The number of halogens is 1. The van der Waals surface area contributed by atoms with Crippen molar-refractivity contribution >= 4 is 15.7 Å². The van der Waals surface area contributed by atoms with Crippen LogP contribution in [0.2, 0.25) is 0 Å². The van der Waals surface area contributed by atoms with Gasteiger partial charge < -0.3 is 10.2 Å². The number of nitrogens with two attached hydrogens (primary N) is 1. The fourth-order valence-corrected chi connectivity index (χ4v) is 4.66. The molecule has 0 radical (unpaired) electrons. The molecule has 1 unspecified atom stereocenters. The molecule has 0 spiro atoms. The van der Waals surface area contributed by atoms with Crippen molar-refractivity contribution in [3.63, 3.8) is 0 Å². The summed E-state index contributed by atoms with van der Waals surface area (Å²) in [5, 5.41) is 8.72. The van der Waals surface area contributed by atoms with Crippen molar-refractivity contribution in [3.8, 4) is 0 Å². The molecule has 0 bridgehead atoms. The normalized spacial score (nSPS) is 18.9. The van der Waals surface area contributed by atoms with E-state index in [4.69, 9.17) is 5.14 Å². The predicted molar refractivity (Wildman–Crippen MR) is 119 cm³/mol. The van der Waals surface area contributed by atoms with Gasteiger partial charge in [0, 0.05) is 45.0 Å². The van der Waals surface area contributed by atoms with Crippen LogP contribution in [-0.2, 0) is 10.0 Å². The molecule has 3 N–H and O–H groups in total. The lowest BCUT2D eigenvalue weighted by molar-refractivity contribution is 0.195. The second-order valence-electron chi connectivity index (χ2n) is 8.24.